The highest BCUT2D eigenvalue weighted by Crippen LogP contribution is 2.29. The maximum atomic E-state index is 13.8. The van der Waals surface area contributed by atoms with Crippen LogP contribution < -0.4 is 10.7 Å². The smallest absolute Gasteiger partial charge is 0.215 e. The molecule has 3 aromatic rings. The second kappa shape index (κ2) is 18.9. The van der Waals surface area contributed by atoms with Gasteiger partial charge in [0.25, 0.3) is 0 Å². The number of thiocarbonyl (C=S) groups is 1. The molecule has 47 heavy (non-hydrogen) atoms. The average molecular weight is 658 g/mol. The van der Waals surface area contributed by atoms with E-state index in [-0.39, 0.29) is 11.2 Å². The van der Waals surface area contributed by atoms with Gasteiger partial charge in [-0.1, -0.05) is 127 Å². The minimum absolute atomic E-state index is 0.0784. The van der Waals surface area contributed by atoms with E-state index in [4.69, 9.17) is 17.2 Å². The van der Waals surface area contributed by atoms with Crippen LogP contribution in [0.5, 0.6) is 0 Å². The molecule has 7 heteroatoms. The van der Waals surface area contributed by atoms with Gasteiger partial charge in [-0.3, -0.25) is 10.3 Å². The SMILES string of the molecule is CCCCCC(CCCCCCN(CC(C)(C)c1ccc(CC)cc1)NC1=NCCN1C(=S)Nc1cccc(F)c1)c1ccccc1. The van der Waals surface area contributed by atoms with Crippen molar-refractivity contribution in [3.05, 3.63) is 101 Å². The largest absolute Gasteiger partial charge is 0.332 e. The standard InChI is InChI=1S/C40H56FN5S/c1-5-7-11-17-33(34-19-13-10-14-20-34)18-12-8-9-15-28-45(31-40(3,4)35-25-23-32(6-2)24-26-35)44-38-42-27-29-46(38)39(47)43-37-22-16-21-36(41)30-37/h10,13-14,16,19-26,30,33H,5-9,11-12,15,17-18,27-29,31H2,1-4H3,(H,42,44)(H,43,47). The lowest BCUT2D eigenvalue weighted by Gasteiger charge is -2.35. The van der Waals surface area contributed by atoms with E-state index < -0.39 is 0 Å². The lowest BCUT2D eigenvalue weighted by Crippen LogP contribution is -2.54. The van der Waals surface area contributed by atoms with Gasteiger partial charge < -0.3 is 5.32 Å². The first-order chi connectivity index (χ1) is 22.8. The van der Waals surface area contributed by atoms with Crippen LogP contribution in [0.25, 0.3) is 0 Å². The monoisotopic (exact) mass is 657 g/mol. The van der Waals surface area contributed by atoms with E-state index in [0.29, 0.717) is 29.8 Å². The van der Waals surface area contributed by atoms with Crippen molar-refractivity contribution in [2.24, 2.45) is 4.99 Å². The van der Waals surface area contributed by atoms with E-state index in [1.807, 2.05) is 11.0 Å². The zero-order valence-corrected chi connectivity index (χ0v) is 29.9. The van der Waals surface area contributed by atoms with Gasteiger partial charge in [0.1, 0.15) is 5.82 Å². The Morgan fingerprint density at radius 1 is 0.915 bits per heavy atom. The molecule has 0 saturated heterocycles. The summed E-state index contributed by atoms with van der Waals surface area (Å²) in [5, 5.41) is 6.03. The third-order valence-corrected chi connectivity index (χ3v) is 9.63. The van der Waals surface area contributed by atoms with Gasteiger partial charge in [-0.2, -0.15) is 0 Å². The number of hydrogen-bond donors (Lipinski definition) is 2. The molecule has 0 amide bonds. The van der Waals surface area contributed by atoms with Crippen molar-refractivity contribution in [2.75, 3.05) is 31.5 Å². The molecule has 0 aromatic heterocycles. The van der Waals surface area contributed by atoms with Crippen molar-refractivity contribution in [3.63, 3.8) is 0 Å². The molecule has 3 aromatic carbocycles. The number of halogens is 1. The number of nitrogens with one attached hydrogen (secondary N) is 2. The molecule has 254 valence electrons. The first kappa shape index (κ1) is 36.5. The van der Waals surface area contributed by atoms with Crippen LogP contribution in [0, 0.1) is 5.82 Å². The van der Waals surface area contributed by atoms with Crippen molar-refractivity contribution in [3.8, 4) is 0 Å². The topological polar surface area (TPSA) is 42.9 Å². The van der Waals surface area contributed by atoms with E-state index >= 15 is 0 Å². The summed E-state index contributed by atoms with van der Waals surface area (Å²) in [6, 6.07) is 26.6. The van der Waals surface area contributed by atoms with E-state index in [2.05, 4.69) is 98.0 Å². The zero-order valence-electron chi connectivity index (χ0n) is 29.1. The number of hydrazine groups is 1. The van der Waals surface area contributed by atoms with Crippen LogP contribution in [0.2, 0.25) is 0 Å². The summed E-state index contributed by atoms with van der Waals surface area (Å²) in [7, 11) is 0. The van der Waals surface area contributed by atoms with E-state index in [9.17, 15) is 4.39 Å². The minimum atomic E-state index is -0.293. The molecule has 0 bridgehead atoms. The van der Waals surface area contributed by atoms with Crippen molar-refractivity contribution in [1.29, 1.82) is 0 Å². The van der Waals surface area contributed by atoms with Gasteiger partial charge in [-0.25, -0.2) is 14.4 Å². The molecule has 0 spiro atoms. The fourth-order valence-corrected chi connectivity index (χ4v) is 6.76. The lowest BCUT2D eigenvalue weighted by atomic mass is 9.84. The maximum absolute atomic E-state index is 13.8. The van der Waals surface area contributed by atoms with Gasteiger partial charge in [0.05, 0.1) is 6.54 Å². The Morgan fingerprint density at radius 3 is 2.34 bits per heavy atom. The number of benzene rings is 3. The first-order valence-corrected chi connectivity index (χ1v) is 18.2. The molecule has 1 unspecified atom stereocenters. The summed E-state index contributed by atoms with van der Waals surface area (Å²) < 4.78 is 13.8. The van der Waals surface area contributed by atoms with Crippen LogP contribution in [0.3, 0.4) is 0 Å². The third kappa shape index (κ3) is 11.7. The molecular formula is C40H56FN5S. The van der Waals surface area contributed by atoms with E-state index in [1.54, 1.807) is 6.07 Å². The van der Waals surface area contributed by atoms with Crippen LogP contribution in [0.15, 0.2) is 83.9 Å². The van der Waals surface area contributed by atoms with Gasteiger partial charge in [0.2, 0.25) is 5.96 Å². The molecule has 1 heterocycles. The lowest BCUT2D eigenvalue weighted by molar-refractivity contribution is 0.181. The van der Waals surface area contributed by atoms with Crippen LogP contribution >= 0.6 is 12.2 Å². The highest BCUT2D eigenvalue weighted by Gasteiger charge is 2.28. The number of unbranched alkanes of at least 4 members (excludes halogenated alkanes) is 5. The van der Waals surface area contributed by atoms with Crippen LogP contribution in [-0.4, -0.2) is 47.2 Å². The summed E-state index contributed by atoms with van der Waals surface area (Å²) in [5.74, 6) is 1.12. The second-order valence-electron chi connectivity index (χ2n) is 13.6. The Morgan fingerprint density at radius 2 is 1.64 bits per heavy atom. The predicted octanol–water partition coefficient (Wildman–Crippen LogP) is 9.86. The summed E-state index contributed by atoms with van der Waals surface area (Å²) >= 11 is 5.76. The number of aliphatic imine (C=N–C) groups is 1. The molecule has 0 saturated carbocycles. The normalized spacial score (nSPS) is 13.9. The average Bonchev–Trinajstić information content (AvgIpc) is 3.54. The molecule has 1 aliphatic heterocycles. The van der Waals surface area contributed by atoms with Crippen LogP contribution in [-0.2, 0) is 11.8 Å². The predicted molar refractivity (Wildman–Crippen MR) is 202 cm³/mol. The molecule has 1 atom stereocenters. The third-order valence-electron chi connectivity index (χ3n) is 9.31. The van der Waals surface area contributed by atoms with Gasteiger partial charge in [-0.05, 0) is 78.7 Å². The molecule has 4 rings (SSSR count). The number of anilines is 1. The summed E-state index contributed by atoms with van der Waals surface area (Å²) in [6.45, 7) is 12.2. The number of nitrogens with zero attached hydrogens (tertiary/aromatic N) is 3. The summed E-state index contributed by atoms with van der Waals surface area (Å²) in [5.41, 5.74) is 8.40. The van der Waals surface area contributed by atoms with Crippen molar-refractivity contribution < 1.29 is 4.39 Å². The van der Waals surface area contributed by atoms with Crippen LogP contribution in [0.1, 0.15) is 108 Å². The molecule has 0 fully saturated rings. The second-order valence-corrected chi connectivity index (χ2v) is 14.0. The molecule has 1 aliphatic rings. The van der Waals surface area contributed by atoms with Gasteiger partial charge in [0.15, 0.2) is 5.11 Å². The fourth-order valence-electron chi connectivity index (χ4n) is 6.46. The highest BCUT2D eigenvalue weighted by atomic mass is 32.1. The number of hydrogen-bond acceptors (Lipinski definition) is 4. The fraction of sp³-hybridized carbons (Fsp3) is 0.500. The van der Waals surface area contributed by atoms with Crippen molar-refractivity contribution in [1.82, 2.24) is 15.3 Å². The Kier molecular flexibility index (Phi) is 14.7. The molecule has 2 N–H and O–H groups in total. The quantitative estimate of drug-likeness (QED) is 0.0810. The summed E-state index contributed by atoms with van der Waals surface area (Å²) in [4.78, 5) is 6.77. The highest BCUT2D eigenvalue weighted by molar-refractivity contribution is 7.80. The van der Waals surface area contributed by atoms with Crippen molar-refractivity contribution in [2.45, 2.75) is 103 Å². The van der Waals surface area contributed by atoms with Gasteiger partial charge >= 0.3 is 0 Å². The number of aryl methyl sites for hydroxylation is 1. The Bertz CT molecular complexity index is 1390. The molecular weight excluding hydrogens is 602 g/mol. The Balaban J connectivity index is 1.36. The van der Waals surface area contributed by atoms with Gasteiger partial charge in [0, 0.05) is 30.7 Å². The maximum Gasteiger partial charge on any atom is 0.215 e. The summed E-state index contributed by atoms with van der Waals surface area (Å²) in [6.07, 6.45) is 12.3. The zero-order chi connectivity index (χ0) is 33.5. The van der Waals surface area contributed by atoms with Gasteiger partial charge in [-0.15, -0.1) is 0 Å². The first-order valence-electron chi connectivity index (χ1n) is 17.8. The van der Waals surface area contributed by atoms with Crippen molar-refractivity contribution >= 4 is 29.0 Å². The number of guanidine groups is 1. The Labute approximate surface area is 289 Å². The number of rotatable bonds is 18. The Hall–Kier alpha value is -3.29. The molecule has 0 radical (unpaired) electrons. The van der Waals surface area contributed by atoms with Crippen LogP contribution in [0.4, 0.5) is 10.1 Å². The van der Waals surface area contributed by atoms with E-state index in [0.717, 1.165) is 31.9 Å². The minimum Gasteiger partial charge on any atom is -0.332 e. The van der Waals surface area contributed by atoms with E-state index in [1.165, 1.54) is 80.2 Å². The molecule has 5 nitrogen and oxygen atoms in total. The molecule has 0 aliphatic carbocycles.